The highest BCUT2D eigenvalue weighted by molar-refractivity contribution is 5.03. The van der Waals surface area contributed by atoms with Crippen molar-refractivity contribution in [2.75, 3.05) is 26.2 Å². The molecule has 0 spiro atoms. The van der Waals surface area contributed by atoms with E-state index in [-0.39, 0.29) is 5.54 Å². The zero-order valence-electron chi connectivity index (χ0n) is 13.9. The van der Waals surface area contributed by atoms with Crippen LogP contribution in [0.2, 0.25) is 0 Å². The summed E-state index contributed by atoms with van der Waals surface area (Å²) < 4.78 is 0. The molecule has 0 radical (unpaired) electrons. The molecular weight excluding hydrogens is 246 g/mol. The van der Waals surface area contributed by atoms with Crippen molar-refractivity contribution in [2.24, 2.45) is 11.8 Å². The van der Waals surface area contributed by atoms with E-state index >= 15 is 0 Å². The average molecular weight is 279 g/mol. The zero-order valence-corrected chi connectivity index (χ0v) is 13.9. The zero-order chi connectivity index (χ0) is 15.0. The molecule has 20 heavy (non-hydrogen) atoms. The van der Waals surface area contributed by atoms with Crippen LogP contribution in [0.5, 0.6) is 0 Å². The van der Waals surface area contributed by atoms with Crippen LogP contribution in [0.1, 0.15) is 59.8 Å². The molecule has 3 atom stereocenters. The molecule has 1 aliphatic rings. The van der Waals surface area contributed by atoms with Gasteiger partial charge in [-0.3, -0.25) is 5.32 Å². The van der Waals surface area contributed by atoms with Crippen molar-refractivity contribution in [1.82, 2.24) is 10.2 Å². The topological polar surface area (TPSA) is 39.1 Å². The molecule has 0 aliphatic carbocycles. The van der Waals surface area contributed by atoms with Crippen molar-refractivity contribution in [3.63, 3.8) is 0 Å². The predicted octanol–water partition coefficient (Wildman–Crippen LogP) is 3.42. The van der Waals surface area contributed by atoms with Crippen LogP contribution in [0.3, 0.4) is 0 Å². The molecule has 3 nitrogen and oxygen atoms in total. The second kappa shape index (κ2) is 8.64. The third-order valence-corrected chi connectivity index (χ3v) is 4.83. The number of hydrogen-bond donors (Lipinski definition) is 1. The van der Waals surface area contributed by atoms with Crippen molar-refractivity contribution in [3.05, 3.63) is 0 Å². The Morgan fingerprint density at radius 2 is 2.05 bits per heavy atom. The summed E-state index contributed by atoms with van der Waals surface area (Å²) in [7, 11) is 0. The molecule has 1 heterocycles. The van der Waals surface area contributed by atoms with Gasteiger partial charge >= 0.3 is 0 Å². The van der Waals surface area contributed by atoms with Gasteiger partial charge < -0.3 is 4.90 Å². The summed E-state index contributed by atoms with van der Waals surface area (Å²) >= 11 is 0. The Hall–Kier alpha value is -0.590. The average Bonchev–Trinajstić information content (AvgIpc) is 2.45. The van der Waals surface area contributed by atoms with Crippen molar-refractivity contribution in [2.45, 2.75) is 65.3 Å². The SMILES string of the molecule is CCCNC(C)(C#N)CCCCN1CCC(C)C(C)C1. The van der Waals surface area contributed by atoms with Crippen LogP contribution >= 0.6 is 0 Å². The molecule has 0 aromatic rings. The first-order chi connectivity index (χ1) is 9.50. The van der Waals surface area contributed by atoms with Crippen LogP contribution in [0, 0.1) is 23.2 Å². The quantitative estimate of drug-likeness (QED) is 0.692. The predicted molar refractivity (Wildman–Crippen MR) is 85.5 cm³/mol. The molecule has 0 amide bonds. The Kier molecular flexibility index (Phi) is 7.55. The third kappa shape index (κ3) is 5.81. The molecule has 1 fully saturated rings. The number of nitriles is 1. The highest BCUT2D eigenvalue weighted by Gasteiger charge is 2.24. The first kappa shape index (κ1) is 17.5. The summed E-state index contributed by atoms with van der Waals surface area (Å²) in [6.45, 7) is 13.6. The summed E-state index contributed by atoms with van der Waals surface area (Å²) in [4.78, 5) is 2.61. The minimum Gasteiger partial charge on any atom is -0.303 e. The minimum atomic E-state index is -0.334. The smallest absolute Gasteiger partial charge is 0.103 e. The van der Waals surface area contributed by atoms with Crippen LogP contribution in [0.4, 0.5) is 0 Å². The van der Waals surface area contributed by atoms with E-state index < -0.39 is 0 Å². The van der Waals surface area contributed by atoms with E-state index in [1.807, 2.05) is 6.92 Å². The summed E-state index contributed by atoms with van der Waals surface area (Å²) in [5.41, 5.74) is -0.334. The number of nitrogens with zero attached hydrogens (tertiary/aromatic N) is 2. The largest absolute Gasteiger partial charge is 0.303 e. The summed E-state index contributed by atoms with van der Waals surface area (Å²) in [5.74, 6) is 1.71. The van der Waals surface area contributed by atoms with Crippen molar-refractivity contribution < 1.29 is 0 Å². The lowest BCUT2D eigenvalue weighted by Crippen LogP contribution is -2.41. The molecule has 1 saturated heterocycles. The molecule has 0 bridgehead atoms. The maximum absolute atomic E-state index is 9.30. The van der Waals surface area contributed by atoms with Gasteiger partial charge in [0.2, 0.25) is 0 Å². The van der Waals surface area contributed by atoms with Gasteiger partial charge in [-0.2, -0.15) is 5.26 Å². The Bertz CT molecular complexity index is 310. The maximum Gasteiger partial charge on any atom is 0.103 e. The molecule has 1 rings (SSSR count). The number of hydrogen-bond acceptors (Lipinski definition) is 3. The van der Waals surface area contributed by atoms with Crippen molar-refractivity contribution in [3.8, 4) is 6.07 Å². The highest BCUT2D eigenvalue weighted by Crippen LogP contribution is 2.23. The standard InChI is InChI=1S/C17H33N3/c1-5-10-19-17(4,14-18)9-6-7-11-20-12-8-15(2)16(3)13-20/h15-16,19H,5-13H2,1-4H3. The molecule has 1 aliphatic heterocycles. The van der Waals surface area contributed by atoms with Gasteiger partial charge in [0, 0.05) is 6.54 Å². The van der Waals surface area contributed by atoms with E-state index in [1.54, 1.807) is 0 Å². The fourth-order valence-electron chi connectivity index (χ4n) is 2.95. The van der Waals surface area contributed by atoms with E-state index in [0.717, 1.165) is 37.6 Å². The molecule has 3 heteroatoms. The normalized spacial score (nSPS) is 26.9. The minimum absolute atomic E-state index is 0.334. The summed E-state index contributed by atoms with van der Waals surface area (Å²) in [6.07, 6.45) is 5.74. The van der Waals surface area contributed by atoms with Gasteiger partial charge in [0.05, 0.1) is 6.07 Å². The lowest BCUT2D eigenvalue weighted by Gasteiger charge is -2.35. The van der Waals surface area contributed by atoms with Gasteiger partial charge in [-0.05, 0) is 70.5 Å². The first-order valence-corrected chi connectivity index (χ1v) is 8.39. The second-order valence-electron chi connectivity index (χ2n) is 6.87. The molecular formula is C17H33N3. The summed E-state index contributed by atoms with van der Waals surface area (Å²) in [6, 6.07) is 2.44. The number of likely N-dealkylation sites (tertiary alicyclic amines) is 1. The fraction of sp³-hybridized carbons (Fsp3) is 0.941. The third-order valence-electron chi connectivity index (χ3n) is 4.83. The number of nitrogens with one attached hydrogen (secondary N) is 1. The van der Waals surface area contributed by atoms with Crippen LogP contribution in [-0.4, -0.2) is 36.6 Å². The van der Waals surface area contributed by atoms with Gasteiger partial charge in [-0.15, -0.1) is 0 Å². The molecule has 116 valence electrons. The van der Waals surface area contributed by atoms with E-state index in [4.69, 9.17) is 0 Å². The van der Waals surface area contributed by atoms with Crippen molar-refractivity contribution >= 4 is 0 Å². The monoisotopic (exact) mass is 279 g/mol. The number of unbranched alkanes of at least 4 members (excludes halogenated alkanes) is 1. The van der Waals surface area contributed by atoms with Crippen LogP contribution < -0.4 is 5.32 Å². The van der Waals surface area contributed by atoms with Crippen LogP contribution in [-0.2, 0) is 0 Å². The lowest BCUT2D eigenvalue weighted by molar-refractivity contribution is 0.136. The van der Waals surface area contributed by atoms with E-state index in [9.17, 15) is 5.26 Å². The summed E-state index contributed by atoms with van der Waals surface area (Å²) in [5, 5.41) is 12.7. The van der Waals surface area contributed by atoms with Crippen LogP contribution in [0.15, 0.2) is 0 Å². The number of rotatable bonds is 8. The molecule has 1 N–H and O–H groups in total. The van der Waals surface area contributed by atoms with E-state index in [0.29, 0.717) is 0 Å². The van der Waals surface area contributed by atoms with E-state index in [1.165, 1.54) is 32.5 Å². The van der Waals surface area contributed by atoms with Gasteiger partial charge in [-0.1, -0.05) is 20.8 Å². The van der Waals surface area contributed by atoms with E-state index in [2.05, 4.69) is 37.1 Å². The van der Waals surface area contributed by atoms with Crippen molar-refractivity contribution in [1.29, 1.82) is 5.26 Å². The Labute approximate surface area is 125 Å². The molecule has 3 unspecified atom stereocenters. The highest BCUT2D eigenvalue weighted by atomic mass is 15.1. The first-order valence-electron chi connectivity index (χ1n) is 8.39. The van der Waals surface area contributed by atoms with Crippen LogP contribution in [0.25, 0.3) is 0 Å². The lowest BCUT2D eigenvalue weighted by atomic mass is 9.88. The Morgan fingerprint density at radius 3 is 2.65 bits per heavy atom. The van der Waals surface area contributed by atoms with Gasteiger partial charge in [0.15, 0.2) is 0 Å². The molecule has 0 aromatic carbocycles. The number of piperidine rings is 1. The molecule has 0 saturated carbocycles. The maximum atomic E-state index is 9.30. The fourth-order valence-corrected chi connectivity index (χ4v) is 2.95. The molecule has 0 aromatic heterocycles. The van der Waals surface area contributed by atoms with Gasteiger partial charge in [0.1, 0.15) is 5.54 Å². The Balaban J connectivity index is 2.19. The second-order valence-corrected chi connectivity index (χ2v) is 6.87. The Morgan fingerprint density at radius 1 is 1.30 bits per heavy atom. The van der Waals surface area contributed by atoms with Gasteiger partial charge in [-0.25, -0.2) is 0 Å². The van der Waals surface area contributed by atoms with Gasteiger partial charge in [0.25, 0.3) is 0 Å².